The number of benzene rings is 2. The molecule has 7 nitrogen and oxygen atoms in total. The summed E-state index contributed by atoms with van der Waals surface area (Å²) < 4.78 is 14.5. The molecule has 4 N–H and O–H groups in total. The van der Waals surface area contributed by atoms with Gasteiger partial charge in [0, 0.05) is 41.5 Å². The SMILES string of the molecule is Cc1[nH]nc2nc(-c3ccc(O)cc3F)cc(C(=O)CN3CCC(N)(c4ccccc4)CC3)c12. The van der Waals surface area contributed by atoms with E-state index in [4.69, 9.17) is 5.73 Å². The number of nitrogens with zero attached hydrogens (tertiary/aromatic N) is 3. The molecule has 34 heavy (non-hydrogen) atoms. The molecule has 5 rings (SSSR count). The number of hydrogen-bond donors (Lipinski definition) is 3. The summed E-state index contributed by atoms with van der Waals surface area (Å²) >= 11 is 0. The smallest absolute Gasteiger partial charge is 0.182 e. The Morgan fingerprint density at radius 1 is 1.18 bits per heavy atom. The van der Waals surface area contributed by atoms with Crippen LogP contribution in [-0.2, 0) is 5.54 Å². The number of aromatic nitrogens is 3. The van der Waals surface area contributed by atoms with Crippen LogP contribution in [0.5, 0.6) is 5.75 Å². The van der Waals surface area contributed by atoms with Gasteiger partial charge in [-0.3, -0.25) is 14.8 Å². The van der Waals surface area contributed by atoms with E-state index in [2.05, 4.69) is 32.2 Å². The molecule has 3 heterocycles. The number of Topliss-reactive ketones (excluding diaryl/α,β-unsaturated/α-hetero) is 1. The number of phenols is 1. The number of halogens is 1. The summed E-state index contributed by atoms with van der Waals surface area (Å²) in [5, 5.41) is 17.3. The van der Waals surface area contributed by atoms with Crippen molar-refractivity contribution in [2.45, 2.75) is 25.3 Å². The Labute approximate surface area is 196 Å². The number of rotatable bonds is 5. The number of aromatic amines is 1. The van der Waals surface area contributed by atoms with Crippen LogP contribution in [0.25, 0.3) is 22.3 Å². The van der Waals surface area contributed by atoms with E-state index in [-0.39, 0.29) is 23.6 Å². The topological polar surface area (TPSA) is 108 Å². The van der Waals surface area contributed by atoms with Gasteiger partial charge < -0.3 is 10.8 Å². The zero-order valence-corrected chi connectivity index (χ0v) is 18.9. The molecule has 0 radical (unpaired) electrons. The molecule has 0 bridgehead atoms. The van der Waals surface area contributed by atoms with Gasteiger partial charge in [-0.25, -0.2) is 9.37 Å². The van der Waals surface area contributed by atoms with Crippen LogP contribution in [0, 0.1) is 12.7 Å². The van der Waals surface area contributed by atoms with Gasteiger partial charge in [0.1, 0.15) is 11.6 Å². The normalized spacial score (nSPS) is 16.1. The van der Waals surface area contributed by atoms with E-state index in [9.17, 15) is 14.3 Å². The van der Waals surface area contributed by atoms with E-state index in [0.717, 1.165) is 30.2 Å². The van der Waals surface area contributed by atoms with E-state index in [0.29, 0.717) is 35.4 Å². The standard InChI is InChI=1S/C26H26FN5O2/c1-16-24-20(14-22(29-25(24)31-30-16)19-8-7-18(33)13-21(19)27)23(34)15-32-11-9-26(28,10-12-32)17-5-3-2-4-6-17/h2-8,13-14,33H,9-12,15,28H2,1H3,(H,29,30,31). The van der Waals surface area contributed by atoms with Gasteiger partial charge in [-0.15, -0.1) is 0 Å². The first-order valence-corrected chi connectivity index (χ1v) is 11.3. The van der Waals surface area contributed by atoms with E-state index in [1.165, 1.54) is 12.1 Å². The predicted octanol–water partition coefficient (Wildman–Crippen LogP) is 3.91. The first-order valence-electron chi connectivity index (χ1n) is 11.3. The number of nitrogens with two attached hydrogens (primary N) is 1. The largest absolute Gasteiger partial charge is 0.508 e. The highest BCUT2D eigenvalue weighted by molar-refractivity contribution is 6.09. The maximum atomic E-state index is 14.5. The summed E-state index contributed by atoms with van der Waals surface area (Å²) in [6.45, 7) is 3.47. The summed E-state index contributed by atoms with van der Waals surface area (Å²) in [6, 6.07) is 15.6. The van der Waals surface area contributed by atoms with Gasteiger partial charge in [0.25, 0.3) is 0 Å². The summed E-state index contributed by atoms with van der Waals surface area (Å²) in [5.41, 5.74) is 9.44. The van der Waals surface area contributed by atoms with Gasteiger partial charge in [-0.2, -0.15) is 5.10 Å². The third-order valence-corrected chi connectivity index (χ3v) is 6.70. The Kier molecular flexibility index (Phi) is 5.63. The van der Waals surface area contributed by atoms with E-state index >= 15 is 0 Å². The number of piperidine rings is 1. The average molecular weight is 460 g/mol. The summed E-state index contributed by atoms with van der Waals surface area (Å²) in [7, 11) is 0. The fourth-order valence-electron chi connectivity index (χ4n) is 4.70. The third kappa shape index (κ3) is 4.06. The molecule has 1 fully saturated rings. The minimum Gasteiger partial charge on any atom is -0.508 e. The van der Waals surface area contributed by atoms with Crippen molar-refractivity contribution in [2.24, 2.45) is 5.73 Å². The number of pyridine rings is 1. The predicted molar refractivity (Wildman–Crippen MR) is 128 cm³/mol. The van der Waals surface area contributed by atoms with E-state index in [1.807, 2.05) is 25.1 Å². The molecule has 0 spiro atoms. The highest BCUT2D eigenvalue weighted by atomic mass is 19.1. The second kappa shape index (κ2) is 8.62. The number of phenolic OH excluding ortho intramolecular Hbond substituents is 1. The minimum atomic E-state index is -0.617. The zero-order chi connectivity index (χ0) is 23.9. The second-order valence-corrected chi connectivity index (χ2v) is 8.99. The van der Waals surface area contributed by atoms with Crippen molar-refractivity contribution in [1.29, 1.82) is 0 Å². The maximum Gasteiger partial charge on any atom is 0.182 e. The van der Waals surface area contributed by atoms with Crippen molar-refractivity contribution in [3.05, 3.63) is 77.2 Å². The first-order chi connectivity index (χ1) is 16.3. The fraction of sp³-hybridized carbons (Fsp3) is 0.269. The van der Waals surface area contributed by atoms with Crippen molar-refractivity contribution in [3.63, 3.8) is 0 Å². The number of nitrogens with one attached hydrogen (secondary N) is 1. The Hall–Kier alpha value is -3.62. The van der Waals surface area contributed by atoms with Crippen molar-refractivity contribution in [2.75, 3.05) is 19.6 Å². The van der Waals surface area contributed by atoms with Gasteiger partial charge >= 0.3 is 0 Å². The monoisotopic (exact) mass is 459 g/mol. The molecule has 0 atom stereocenters. The van der Waals surface area contributed by atoms with Crippen molar-refractivity contribution in [1.82, 2.24) is 20.1 Å². The molecule has 174 valence electrons. The Balaban J connectivity index is 1.41. The van der Waals surface area contributed by atoms with Gasteiger partial charge in [-0.1, -0.05) is 30.3 Å². The number of ketones is 1. The van der Waals surface area contributed by atoms with Crippen LogP contribution >= 0.6 is 0 Å². The average Bonchev–Trinajstić information content (AvgIpc) is 3.21. The number of carbonyl (C=O) groups is 1. The van der Waals surface area contributed by atoms with Crippen LogP contribution < -0.4 is 5.73 Å². The third-order valence-electron chi connectivity index (χ3n) is 6.70. The molecule has 1 saturated heterocycles. The second-order valence-electron chi connectivity index (χ2n) is 8.99. The van der Waals surface area contributed by atoms with Gasteiger partial charge in [0.2, 0.25) is 0 Å². The molecule has 1 aliphatic heterocycles. The van der Waals surface area contributed by atoms with Gasteiger partial charge in [0.15, 0.2) is 11.4 Å². The number of likely N-dealkylation sites (tertiary alicyclic amines) is 1. The molecule has 8 heteroatoms. The lowest BCUT2D eigenvalue weighted by Crippen LogP contribution is -2.49. The fourth-order valence-corrected chi connectivity index (χ4v) is 4.70. The van der Waals surface area contributed by atoms with Crippen LogP contribution in [0.3, 0.4) is 0 Å². The molecule has 0 saturated carbocycles. The van der Waals surface area contributed by atoms with Gasteiger partial charge in [-0.05, 0) is 43.5 Å². The summed E-state index contributed by atoms with van der Waals surface area (Å²) in [6.07, 6.45) is 1.51. The van der Waals surface area contributed by atoms with Crippen LogP contribution in [0.2, 0.25) is 0 Å². The first kappa shape index (κ1) is 22.2. The molecule has 0 aliphatic carbocycles. The van der Waals surface area contributed by atoms with Crippen molar-refractivity contribution >= 4 is 16.8 Å². The number of carbonyl (C=O) groups excluding carboxylic acids is 1. The number of fused-ring (bicyclic) bond motifs is 1. The molecule has 2 aromatic heterocycles. The highest BCUT2D eigenvalue weighted by Crippen LogP contribution is 2.32. The van der Waals surface area contributed by atoms with Crippen LogP contribution in [-0.4, -0.2) is 50.6 Å². The molecule has 4 aromatic rings. The summed E-state index contributed by atoms with van der Waals surface area (Å²) in [5.74, 6) is -0.874. The lowest BCUT2D eigenvalue weighted by molar-refractivity contribution is 0.0881. The number of hydrogen-bond acceptors (Lipinski definition) is 6. The van der Waals surface area contributed by atoms with Crippen molar-refractivity contribution in [3.8, 4) is 17.0 Å². The summed E-state index contributed by atoms with van der Waals surface area (Å²) in [4.78, 5) is 20.0. The molecule has 1 aliphatic rings. The molecule has 2 aromatic carbocycles. The highest BCUT2D eigenvalue weighted by Gasteiger charge is 2.33. The quantitative estimate of drug-likeness (QED) is 0.391. The molecule has 0 amide bonds. The lowest BCUT2D eigenvalue weighted by Gasteiger charge is -2.39. The van der Waals surface area contributed by atoms with Gasteiger partial charge in [0.05, 0.1) is 17.6 Å². The number of aryl methyl sites for hydroxylation is 1. The molecular weight excluding hydrogens is 433 g/mol. The van der Waals surface area contributed by atoms with E-state index in [1.54, 1.807) is 6.07 Å². The van der Waals surface area contributed by atoms with Crippen LogP contribution in [0.1, 0.15) is 34.5 Å². The van der Waals surface area contributed by atoms with E-state index < -0.39 is 11.4 Å². The van der Waals surface area contributed by atoms with Crippen LogP contribution in [0.4, 0.5) is 4.39 Å². The number of aromatic hydroxyl groups is 1. The lowest BCUT2D eigenvalue weighted by atomic mass is 9.82. The minimum absolute atomic E-state index is 0.0819. The Morgan fingerprint density at radius 3 is 2.62 bits per heavy atom. The molecular formula is C26H26FN5O2. The maximum absolute atomic E-state index is 14.5. The van der Waals surface area contributed by atoms with Crippen molar-refractivity contribution < 1.29 is 14.3 Å². The molecule has 0 unspecified atom stereocenters. The van der Waals surface area contributed by atoms with Crippen LogP contribution in [0.15, 0.2) is 54.6 Å². The Morgan fingerprint density at radius 2 is 1.91 bits per heavy atom. The zero-order valence-electron chi connectivity index (χ0n) is 18.9. The Bertz CT molecular complexity index is 1360. The number of H-pyrrole nitrogens is 1.